The van der Waals surface area contributed by atoms with Gasteiger partial charge in [0.15, 0.2) is 0 Å². The number of hydrogen-bond donors (Lipinski definition) is 1. The number of likely N-dealkylation sites (tertiary alicyclic amines) is 1. The minimum atomic E-state index is -0.474. The van der Waals surface area contributed by atoms with Crippen LogP contribution in [0.3, 0.4) is 0 Å². The zero-order valence-corrected chi connectivity index (χ0v) is 18.9. The lowest BCUT2D eigenvalue weighted by atomic mass is 9.48. The summed E-state index contributed by atoms with van der Waals surface area (Å²) in [4.78, 5) is 27.2. The first-order chi connectivity index (χ1) is 14.3. The molecule has 6 heteroatoms. The number of amides is 2. The first-order valence-corrected chi connectivity index (χ1v) is 12.1. The highest BCUT2D eigenvalue weighted by Crippen LogP contribution is 2.65. The average Bonchev–Trinajstić information content (AvgIpc) is 2.66. The normalized spacial score (nSPS) is 35.5. The Morgan fingerprint density at radius 3 is 2.40 bits per heavy atom. The van der Waals surface area contributed by atoms with E-state index in [2.05, 4.69) is 21.2 Å². The monoisotopic (exact) mass is 476 g/mol. The Morgan fingerprint density at radius 1 is 1.10 bits per heavy atom. The fourth-order valence-corrected chi connectivity index (χ4v) is 8.70. The van der Waals surface area contributed by atoms with Gasteiger partial charge < -0.3 is 10.2 Å². The molecule has 162 valence electrons. The van der Waals surface area contributed by atoms with Crippen LogP contribution in [-0.2, 0) is 4.79 Å². The van der Waals surface area contributed by atoms with Gasteiger partial charge in [0.25, 0.3) is 5.91 Å². The summed E-state index contributed by atoms with van der Waals surface area (Å²) in [6.07, 6.45) is 9.56. The maximum atomic E-state index is 13.9. The maximum absolute atomic E-state index is 13.9. The molecule has 0 aromatic heterocycles. The summed E-state index contributed by atoms with van der Waals surface area (Å²) in [6, 6.07) is 6.24. The van der Waals surface area contributed by atoms with E-state index in [0.29, 0.717) is 19.5 Å². The molecule has 4 aliphatic carbocycles. The number of nitrogens with zero attached hydrogens (tertiary/aromatic N) is 1. The average molecular weight is 477 g/mol. The van der Waals surface area contributed by atoms with Crippen molar-refractivity contribution in [2.75, 3.05) is 13.1 Å². The van der Waals surface area contributed by atoms with Crippen LogP contribution in [0, 0.1) is 23.1 Å². The molecule has 2 unspecified atom stereocenters. The minimum Gasteiger partial charge on any atom is -0.353 e. The van der Waals surface area contributed by atoms with E-state index in [0.717, 1.165) is 31.1 Å². The maximum Gasteiger partial charge on any atom is 0.256 e. The molecule has 1 aromatic carbocycles. The number of rotatable bonds is 4. The van der Waals surface area contributed by atoms with Gasteiger partial charge in [-0.25, -0.2) is 4.39 Å². The van der Waals surface area contributed by atoms with Gasteiger partial charge in [0.05, 0.1) is 5.56 Å². The van der Waals surface area contributed by atoms with Crippen LogP contribution in [0.4, 0.5) is 4.39 Å². The van der Waals surface area contributed by atoms with Crippen molar-refractivity contribution in [2.45, 2.75) is 68.2 Å². The summed E-state index contributed by atoms with van der Waals surface area (Å²) in [7, 11) is 0. The second-order valence-electron chi connectivity index (χ2n) is 10.4. The summed E-state index contributed by atoms with van der Waals surface area (Å²) in [6.45, 7) is 1.11. The van der Waals surface area contributed by atoms with Crippen LogP contribution in [-0.4, -0.2) is 40.2 Å². The molecule has 5 aliphatic rings. The quantitative estimate of drug-likeness (QED) is 0.641. The van der Waals surface area contributed by atoms with Crippen molar-refractivity contribution >= 4 is 27.7 Å². The van der Waals surface area contributed by atoms with Gasteiger partial charge in [-0.2, -0.15) is 0 Å². The smallest absolute Gasteiger partial charge is 0.256 e. The summed E-state index contributed by atoms with van der Waals surface area (Å²) in [5.74, 6) is 1.01. The number of hydrogen-bond acceptors (Lipinski definition) is 2. The Kier molecular flexibility index (Phi) is 5.19. The zero-order valence-electron chi connectivity index (χ0n) is 17.3. The minimum absolute atomic E-state index is 0.106. The van der Waals surface area contributed by atoms with Gasteiger partial charge in [0, 0.05) is 29.9 Å². The predicted molar refractivity (Wildman–Crippen MR) is 117 cm³/mol. The van der Waals surface area contributed by atoms with Crippen molar-refractivity contribution in [1.82, 2.24) is 10.2 Å². The Hall–Kier alpha value is -1.43. The van der Waals surface area contributed by atoms with Gasteiger partial charge in [0.1, 0.15) is 5.82 Å². The Morgan fingerprint density at radius 2 is 1.77 bits per heavy atom. The number of benzene rings is 1. The first kappa shape index (κ1) is 20.5. The lowest BCUT2D eigenvalue weighted by molar-refractivity contribution is -0.129. The molecule has 0 spiro atoms. The van der Waals surface area contributed by atoms with Crippen LogP contribution < -0.4 is 5.32 Å². The van der Waals surface area contributed by atoms with Crippen LogP contribution in [0.15, 0.2) is 24.3 Å². The van der Waals surface area contributed by atoms with Crippen molar-refractivity contribution < 1.29 is 14.0 Å². The van der Waals surface area contributed by atoms with Gasteiger partial charge in [-0.1, -0.05) is 28.1 Å². The molecule has 5 fully saturated rings. The predicted octanol–water partition coefficient (Wildman–Crippen LogP) is 4.67. The van der Waals surface area contributed by atoms with E-state index in [1.54, 1.807) is 17.0 Å². The van der Waals surface area contributed by atoms with Gasteiger partial charge in [-0.3, -0.25) is 9.59 Å². The Labute approximate surface area is 186 Å². The van der Waals surface area contributed by atoms with Crippen LogP contribution >= 0.6 is 15.9 Å². The molecule has 1 heterocycles. The third kappa shape index (κ3) is 3.92. The molecular weight excluding hydrogens is 447 g/mol. The zero-order chi connectivity index (χ0) is 20.9. The molecule has 30 heavy (non-hydrogen) atoms. The van der Waals surface area contributed by atoms with E-state index in [1.165, 1.54) is 44.2 Å². The highest BCUT2D eigenvalue weighted by Gasteiger charge is 2.57. The molecule has 1 N–H and O–H groups in total. The molecule has 2 amide bonds. The largest absolute Gasteiger partial charge is 0.353 e. The lowest BCUT2D eigenvalue weighted by Crippen LogP contribution is -2.54. The van der Waals surface area contributed by atoms with E-state index < -0.39 is 5.82 Å². The number of halogens is 2. The fraction of sp³-hybridized carbons (Fsp3) is 0.667. The summed E-state index contributed by atoms with van der Waals surface area (Å²) in [5, 5.41) is 3.25. The van der Waals surface area contributed by atoms with E-state index in [4.69, 9.17) is 0 Å². The highest BCUT2D eigenvalue weighted by atomic mass is 79.9. The van der Waals surface area contributed by atoms with Crippen LogP contribution in [0.2, 0.25) is 0 Å². The second-order valence-corrected chi connectivity index (χ2v) is 12.1. The lowest BCUT2D eigenvalue weighted by Gasteiger charge is -2.60. The fourth-order valence-electron chi connectivity index (χ4n) is 7.19. The SMILES string of the molecule is O=C(CC12CC3CC(CC(Br)(C3)C1)C2)NC1CCN(C(=O)c2ccccc2F)CC1. The molecule has 1 saturated heterocycles. The van der Waals surface area contributed by atoms with Crippen molar-refractivity contribution in [3.63, 3.8) is 0 Å². The van der Waals surface area contributed by atoms with Gasteiger partial charge >= 0.3 is 0 Å². The molecule has 4 saturated carbocycles. The number of alkyl halides is 1. The van der Waals surface area contributed by atoms with Crippen LogP contribution in [0.5, 0.6) is 0 Å². The molecule has 2 atom stereocenters. The molecular formula is C24H30BrFN2O2. The number of piperidine rings is 1. The summed E-state index contributed by atoms with van der Waals surface area (Å²) in [5.41, 5.74) is 0.310. The molecule has 0 radical (unpaired) electrons. The van der Waals surface area contributed by atoms with Crippen molar-refractivity contribution in [3.8, 4) is 0 Å². The van der Waals surface area contributed by atoms with E-state index in [-0.39, 0.29) is 33.2 Å². The van der Waals surface area contributed by atoms with Crippen molar-refractivity contribution in [1.29, 1.82) is 0 Å². The number of carbonyl (C=O) groups is 2. The molecule has 6 rings (SSSR count). The third-order valence-corrected chi connectivity index (χ3v) is 8.83. The highest BCUT2D eigenvalue weighted by molar-refractivity contribution is 9.10. The number of nitrogens with one attached hydrogen (secondary N) is 1. The summed E-state index contributed by atoms with van der Waals surface area (Å²) < 4.78 is 14.2. The first-order valence-electron chi connectivity index (χ1n) is 11.4. The van der Waals surface area contributed by atoms with Gasteiger partial charge in [-0.05, 0) is 80.8 Å². The Balaban J connectivity index is 1.14. The van der Waals surface area contributed by atoms with Gasteiger partial charge in [-0.15, -0.1) is 0 Å². The molecule has 1 aliphatic heterocycles. The standard InChI is InChI=1S/C24H30BrFN2O2/c25-24-12-16-9-17(13-24)11-23(10-16,15-24)14-21(29)27-18-5-7-28(8-6-18)22(30)19-3-1-2-4-20(19)26/h1-4,16-18H,5-15H2,(H,27,29). The van der Waals surface area contributed by atoms with E-state index in [1.807, 2.05) is 0 Å². The van der Waals surface area contributed by atoms with Crippen molar-refractivity contribution in [2.24, 2.45) is 17.3 Å². The Bertz CT molecular complexity index is 837. The topological polar surface area (TPSA) is 49.4 Å². The number of carbonyl (C=O) groups excluding carboxylic acids is 2. The summed E-state index contributed by atoms with van der Waals surface area (Å²) >= 11 is 4.03. The van der Waals surface area contributed by atoms with Crippen LogP contribution in [0.25, 0.3) is 0 Å². The van der Waals surface area contributed by atoms with E-state index in [9.17, 15) is 14.0 Å². The van der Waals surface area contributed by atoms with E-state index >= 15 is 0 Å². The van der Waals surface area contributed by atoms with Crippen molar-refractivity contribution in [3.05, 3.63) is 35.6 Å². The molecule has 4 nitrogen and oxygen atoms in total. The van der Waals surface area contributed by atoms with Gasteiger partial charge in [0.2, 0.25) is 5.91 Å². The molecule has 1 aromatic rings. The molecule has 4 bridgehead atoms. The second kappa shape index (κ2) is 7.61. The van der Waals surface area contributed by atoms with Crippen LogP contribution in [0.1, 0.15) is 68.1 Å². The third-order valence-electron chi connectivity index (χ3n) is 7.90.